The fraction of sp³-hybridized carbons (Fsp3) is 0.769. The normalized spacial score (nSPS) is 12.3. The van der Waals surface area contributed by atoms with Gasteiger partial charge in [-0.2, -0.15) is 0 Å². The number of carbonyl (C=O) groups excluding carboxylic acids is 3. The Morgan fingerprint density at radius 1 is 1.05 bits per heavy atom. The molecule has 20 heavy (non-hydrogen) atoms. The summed E-state index contributed by atoms with van der Waals surface area (Å²) in [5.41, 5.74) is -0.665. The van der Waals surface area contributed by atoms with Gasteiger partial charge in [0.1, 0.15) is 11.6 Å². The summed E-state index contributed by atoms with van der Waals surface area (Å²) in [6.45, 7) is 5.17. The number of alkyl carbamates (subject to hydrolysis) is 1. The van der Waals surface area contributed by atoms with Gasteiger partial charge in [-0.05, 0) is 20.8 Å². The molecular formula is C13H25N3O4. The lowest BCUT2D eigenvalue weighted by molar-refractivity contribution is -0.136. The van der Waals surface area contributed by atoms with Crippen LogP contribution >= 0.6 is 0 Å². The van der Waals surface area contributed by atoms with E-state index in [1.807, 2.05) is 0 Å². The van der Waals surface area contributed by atoms with Gasteiger partial charge in [0.05, 0.1) is 6.42 Å². The SMILES string of the molecule is CN(C)C(=O)C[C@H](NC(=O)OC(C)(C)C)C(=O)N(C)C. The minimum atomic E-state index is -0.935. The number of likely N-dealkylation sites (N-methyl/N-ethyl adjacent to an activating group) is 1. The second-order valence-corrected chi connectivity index (χ2v) is 5.92. The average Bonchev–Trinajstić information content (AvgIpc) is 2.23. The van der Waals surface area contributed by atoms with Gasteiger partial charge in [0.2, 0.25) is 11.8 Å². The summed E-state index contributed by atoms with van der Waals surface area (Å²) in [5.74, 6) is -0.604. The van der Waals surface area contributed by atoms with E-state index >= 15 is 0 Å². The maximum Gasteiger partial charge on any atom is 0.408 e. The third-order valence-corrected chi connectivity index (χ3v) is 2.31. The lowest BCUT2D eigenvalue weighted by Gasteiger charge is -2.25. The Morgan fingerprint density at radius 3 is 1.90 bits per heavy atom. The van der Waals surface area contributed by atoms with Crippen molar-refractivity contribution in [2.45, 2.75) is 38.8 Å². The van der Waals surface area contributed by atoms with Crippen LogP contribution in [-0.4, -0.2) is 67.5 Å². The lowest BCUT2D eigenvalue weighted by Crippen LogP contribution is -2.49. The zero-order chi connectivity index (χ0) is 16.1. The second-order valence-electron chi connectivity index (χ2n) is 5.92. The molecule has 7 heteroatoms. The van der Waals surface area contributed by atoms with Gasteiger partial charge in [-0.25, -0.2) is 4.79 Å². The number of hydrogen-bond donors (Lipinski definition) is 1. The predicted octanol–water partition coefficient (Wildman–Crippen LogP) is 0.446. The fourth-order valence-corrected chi connectivity index (χ4v) is 1.32. The van der Waals surface area contributed by atoms with Gasteiger partial charge < -0.3 is 19.9 Å². The first kappa shape index (κ1) is 18.2. The molecule has 0 radical (unpaired) electrons. The highest BCUT2D eigenvalue weighted by Gasteiger charge is 2.28. The van der Waals surface area contributed by atoms with E-state index in [-0.39, 0.29) is 18.2 Å². The summed E-state index contributed by atoms with van der Waals surface area (Å²) in [5, 5.41) is 2.44. The van der Waals surface area contributed by atoms with Crippen molar-refractivity contribution in [3.63, 3.8) is 0 Å². The number of nitrogens with one attached hydrogen (secondary N) is 1. The third-order valence-electron chi connectivity index (χ3n) is 2.31. The Kier molecular flexibility index (Phi) is 6.48. The van der Waals surface area contributed by atoms with Crippen molar-refractivity contribution >= 4 is 17.9 Å². The highest BCUT2D eigenvalue weighted by atomic mass is 16.6. The number of nitrogens with zero attached hydrogens (tertiary/aromatic N) is 2. The molecule has 3 amide bonds. The van der Waals surface area contributed by atoms with Crippen LogP contribution in [0.15, 0.2) is 0 Å². The van der Waals surface area contributed by atoms with Crippen LogP contribution in [0.2, 0.25) is 0 Å². The maximum absolute atomic E-state index is 12.0. The molecule has 0 saturated heterocycles. The average molecular weight is 287 g/mol. The quantitative estimate of drug-likeness (QED) is 0.814. The number of carbonyl (C=O) groups is 3. The van der Waals surface area contributed by atoms with Crippen LogP contribution in [0, 0.1) is 0 Å². The molecule has 0 aromatic heterocycles. The van der Waals surface area contributed by atoms with Gasteiger partial charge in [0, 0.05) is 28.2 Å². The molecule has 1 atom stereocenters. The smallest absolute Gasteiger partial charge is 0.408 e. The van der Waals surface area contributed by atoms with E-state index < -0.39 is 17.7 Å². The van der Waals surface area contributed by atoms with E-state index in [0.29, 0.717) is 0 Å². The maximum atomic E-state index is 12.0. The zero-order valence-corrected chi connectivity index (χ0v) is 13.3. The molecule has 0 bridgehead atoms. The lowest BCUT2D eigenvalue weighted by atomic mass is 10.1. The Balaban J connectivity index is 4.83. The molecule has 0 aromatic carbocycles. The van der Waals surface area contributed by atoms with Gasteiger partial charge in [0.25, 0.3) is 0 Å². The first-order valence-electron chi connectivity index (χ1n) is 6.35. The minimum Gasteiger partial charge on any atom is -0.444 e. The number of amides is 3. The van der Waals surface area contributed by atoms with Crippen molar-refractivity contribution in [1.82, 2.24) is 15.1 Å². The summed E-state index contributed by atoms with van der Waals surface area (Å²) in [7, 11) is 6.30. The van der Waals surface area contributed by atoms with Crippen LogP contribution in [0.5, 0.6) is 0 Å². The van der Waals surface area contributed by atoms with Gasteiger partial charge in [-0.15, -0.1) is 0 Å². The predicted molar refractivity (Wildman–Crippen MR) is 75.2 cm³/mol. The second kappa shape index (κ2) is 7.12. The molecule has 0 rings (SSSR count). The molecule has 0 aliphatic heterocycles. The molecule has 0 saturated carbocycles. The van der Waals surface area contributed by atoms with Crippen molar-refractivity contribution < 1.29 is 19.1 Å². The Hall–Kier alpha value is -1.79. The van der Waals surface area contributed by atoms with E-state index in [0.717, 1.165) is 0 Å². The van der Waals surface area contributed by atoms with Crippen molar-refractivity contribution in [3.05, 3.63) is 0 Å². The van der Waals surface area contributed by atoms with E-state index in [1.165, 1.54) is 9.80 Å². The molecule has 0 spiro atoms. The van der Waals surface area contributed by atoms with Crippen molar-refractivity contribution in [1.29, 1.82) is 0 Å². The highest BCUT2D eigenvalue weighted by Crippen LogP contribution is 2.08. The first-order valence-corrected chi connectivity index (χ1v) is 6.35. The summed E-state index contributed by atoms with van der Waals surface area (Å²) < 4.78 is 5.09. The van der Waals surface area contributed by atoms with Crippen LogP contribution < -0.4 is 5.32 Å². The van der Waals surface area contributed by atoms with Crippen molar-refractivity contribution in [2.24, 2.45) is 0 Å². The standard InChI is InChI=1S/C13H25N3O4/c1-13(2,3)20-12(19)14-9(11(18)16(6)7)8-10(17)15(4)5/h9H,8H2,1-7H3,(H,14,19)/t9-/m0/s1. The molecule has 0 heterocycles. The Morgan fingerprint density at radius 2 is 1.55 bits per heavy atom. The Bertz CT molecular complexity index is 372. The molecule has 7 nitrogen and oxygen atoms in total. The van der Waals surface area contributed by atoms with Crippen LogP contribution in [0.4, 0.5) is 4.79 Å². The third kappa shape index (κ3) is 6.96. The number of rotatable bonds is 4. The topological polar surface area (TPSA) is 79.0 Å². The van der Waals surface area contributed by atoms with Crippen molar-refractivity contribution in [2.75, 3.05) is 28.2 Å². The summed E-state index contributed by atoms with van der Waals surface area (Å²) in [4.78, 5) is 38.1. The molecule has 0 aliphatic rings. The molecule has 116 valence electrons. The molecule has 0 fully saturated rings. The summed E-state index contributed by atoms with van der Waals surface area (Å²) in [6, 6.07) is -0.935. The van der Waals surface area contributed by atoms with Gasteiger partial charge >= 0.3 is 6.09 Å². The number of hydrogen-bond acceptors (Lipinski definition) is 4. The zero-order valence-electron chi connectivity index (χ0n) is 13.3. The molecular weight excluding hydrogens is 262 g/mol. The Labute approximate surface area is 120 Å². The van der Waals surface area contributed by atoms with Crippen LogP contribution in [-0.2, 0) is 14.3 Å². The molecule has 0 unspecified atom stereocenters. The molecule has 0 aliphatic carbocycles. The molecule has 1 N–H and O–H groups in total. The fourth-order valence-electron chi connectivity index (χ4n) is 1.32. The van der Waals surface area contributed by atoms with Crippen LogP contribution in [0.25, 0.3) is 0 Å². The largest absolute Gasteiger partial charge is 0.444 e. The van der Waals surface area contributed by atoms with Gasteiger partial charge in [-0.3, -0.25) is 9.59 Å². The van der Waals surface area contributed by atoms with Gasteiger partial charge in [-0.1, -0.05) is 0 Å². The summed E-state index contributed by atoms with van der Waals surface area (Å²) >= 11 is 0. The van der Waals surface area contributed by atoms with Crippen molar-refractivity contribution in [3.8, 4) is 0 Å². The first-order chi connectivity index (χ1) is 8.94. The van der Waals surface area contributed by atoms with Crippen LogP contribution in [0.1, 0.15) is 27.2 Å². The number of ether oxygens (including phenoxy) is 1. The van der Waals surface area contributed by atoms with E-state index in [2.05, 4.69) is 5.32 Å². The van der Waals surface area contributed by atoms with E-state index in [1.54, 1.807) is 49.0 Å². The van der Waals surface area contributed by atoms with E-state index in [4.69, 9.17) is 4.74 Å². The van der Waals surface area contributed by atoms with Gasteiger partial charge in [0.15, 0.2) is 0 Å². The van der Waals surface area contributed by atoms with Crippen LogP contribution in [0.3, 0.4) is 0 Å². The minimum absolute atomic E-state index is 0.108. The monoisotopic (exact) mass is 287 g/mol. The molecule has 0 aromatic rings. The highest BCUT2D eigenvalue weighted by molar-refractivity contribution is 5.90. The summed E-state index contributed by atoms with van der Waals surface area (Å²) in [6.07, 6.45) is -0.826. The van der Waals surface area contributed by atoms with E-state index in [9.17, 15) is 14.4 Å².